The van der Waals surface area contributed by atoms with Gasteiger partial charge in [0.2, 0.25) is 0 Å². The third-order valence-corrected chi connectivity index (χ3v) is 5.87. The molecule has 1 atom stereocenters. The number of halogens is 1. The largest absolute Gasteiger partial charge is 0.321 e. The van der Waals surface area contributed by atoms with E-state index in [4.69, 9.17) is 0 Å². The summed E-state index contributed by atoms with van der Waals surface area (Å²) in [5.74, 6) is -0.381. The highest BCUT2D eigenvalue weighted by molar-refractivity contribution is 5.94. The van der Waals surface area contributed by atoms with Gasteiger partial charge in [-0.15, -0.1) is 0 Å². The van der Waals surface area contributed by atoms with Crippen LogP contribution in [0, 0.1) is 19.7 Å². The zero-order valence-electron chi connectivity index (χ0n) is 17.8. The fourth-order valence-electron chi connectivity index (χ4n) is 3.93. The topological polar surface area (TPSA) is 67.1 Å². The average Bonchev–Trinajstić information content (AvgIpc) is 2.72. The number of para-hydroxylation sites is 1. The maximum atomic E-state index is 13.0. The van der Waals surface area contributed by atoms with Crippen LogP contribution < -0.4 is 20.4 Å². The van der Waals surface area contributed by atoms with E-state index in [9.17, 15) is 14.0 Å². The summed E-state index contributed by atoms with van der Waals surface area (Å²) in [6, 6.07) is 11.6. The van der Waals surface area contributed by atoms with Crippen LogP contribution in [0.1, 0.15) is 18.1 Å². The van der Waals surface area contributed by atoms with Gasteiger partial charge >= 0.3 is 0 Å². The third-order valence-electron chi connectivity index (χ3n) is 5.87. The van der Waals surface area contributed by atoms with Crippen molar-refractivity contribution in [3.63, 3.8) is 0 Å². The highest BCUT2D eigenvalue weighted by Gasteiger charge is 2.31. The number of anilines is 2. The predicted octanol–water partition coefficient (Wildman–Crippen LogP) is 0.192. The number of aryl methyl sites for hydroxylation is 2. The number of piperazine rings is 1. The molecule has 0 aromatic heterocycles. The standard InChI is InChI=1S/C23H29FN4O2/c1-16-5-4-6-17(2)22(16)26-21(29)15-27-11-13-28(14-12-27)18(3)23(30)25-20-9-7-19(24)8-10-20/h4-10,18H,11-15H2,1-3H3,(H,25,30)(H,26,29)/p+2/t18-/m1/s1. The Morgan fingerprint density at radius 1 is 0.967 bits per heavy atom. The van der Waals surface area contributed by atoms with Crippen LogP contribution in [0.25, 0.3) is 0 Å². The fourth-order valence-corrected chi connectivity index (χ4v) is 3.93. The molecular weight excluding hydrogens is 383 g/mol. The Bertz CT molecular complexity index is 872. The van der Waals surface area contributed by atoms with Crippen LogP contribution in [-0.2, 0) is 9.59 Å². The molecule has 2 amide bonds. The lowest BCUT2D eigenvalue weighted by molar-refractivity contribution is -1.01. The van der Waals surface area contributed by atoms with Crippen LogP contribution in [0.2, 0.25) is 0 Å². The Balaban J connectivity index is 1.46. The zero-order valence-corrected chi connectivity index (χ0v) is 17.8. The van der Waals surface area contributed by atoms with E-state index in [2.05, 4.69) is 10.6 Å². The van der Waals surface area contributed by atoms with Crippen LogP contribution in [0.15, 0.2) is 42.5 Å². The van der Waals surface area contributed by atoms with Crippen LogP contribution in [0.5, 0.6) is 0 Å². The van der Waals surface area contributed by atoms with Crippen molar-refractivity contribution in [1.29, 1.82) is 0 Å². The lowest BCUT2D eigenvalue weighted by atomic mass is 10.1. The molecule has 0 radical (unpaired) electrons. The summed E-state index contributed by atoms with van der Waals surface area (Å²) in [6.45, 7) is 9.65. The Kier molecular flexibility index (Phi) is 7.18. The number of nitrogens with one attached hydrogen (secondary N) is 4. The van der Waals surface area contributed by atoms with Crippen LogP contribution in [0.3, 0.4) is 0 Å². The minimum Gasteiger partial charge on any atom is -0.321 e. The van der Waals surface area contributed by atoms with E-state index in [1.165, 1.54) is 21.9 Å². The van der Waals surface area contributed by atoms with Crippen molar-refractivity contribution in [2.24, 2.45) is 0 Å². The number of hydrogen-bond acceptors (Lipinski definition) is 2. The molecule has 0 bridgehead atoms. The summed E-state index contributed by atoms with van der Waals surface area (Å²) in [6.07, 6.45) is 0. The number of quaternary nitrogens is 2. The quantitative estimate of drug-likeness (QED) is 0.545. The Morgan fingerprint density at radius 3 is 2.17 bits per heavy atom. The molecule has 0 aliphatic carbocycles. The number of carbonyl (C=O) groups excluding carboxylic acids is 2. The van der Waals surface area contributed by atoms with Crippen LogP contribution in [-0.4, -0.2) is 50.6 Å². The average molecular weight is 415 g/mol. The molecule has 1 heterocycles. The third kappa shape index (κ3) is 5.64. The molecule has 6 nitrogen and oxygen atoms in total. The smallest absolute Gasteiger partial charge is 0.282 e. The molecule has 1 saturated heterocycles. The molecule has 0 spiro atoms. The van der Waals surface area contributed by atoms with Gasteiger partial charge in [0, 0.05) is 11.4 Å². The van der Waals surface area contributed by atoms with E-state index in [1.807, 2.05) is 39.0 Å². The SMILES string of the molecule is Cc1cccc(C)c1NC(=O)C[NH+]1CC[NH+]([C@H](C)C(=O)Nc2ccc(F)cc2)CC1. The van der Waals surface area contributed by atoms with Crippen molar-refractivity contribution in [2.45, 2.75) is 26.8 Å². The van der Waals surface area contributed by atoms with Gasteiger partial charge in [0.15, 0.2) is 12.6 Å². The Hall–Kier alpha value is -2.77. The number of hydrogen-bond donors (Lipinski definition) is 4. The Morgan fingerprint density at radius 2 is 1.57 bits per heavy atom. The minimum atomic E-state index is -0.326. The lowest BCUT2D eigenvalue weighted by Crippen LogP contribution is -3.30. The van der Waals surface area contributed by atoms with Crippen LogP contribution in [0.4, 0.5) is 15.8 Å². The van der Waals surface area contributed by atoms with Gasteiger partial charge in [0.1, 0.15) is 32.0 Å². The monoisotopic (exact) mass is 414 g/mol. The first-order valence-electron chi connectivity index (χ1n) is 10.4. The number of rotatable bonds is 6. The second kappa shape index (κ2) is 9.82. The molecule has 1 aliphatic rings. The maximum absolute atomic E-state index is 13.0. The van der Waals surface area contributed by atoms with E-state index in [0.29, 0.717) is 12.2 Å². The van der Waals surface area contributed by atoms with E-state index in [-0.39, 0.29) is 23.7 Å². The molecule has 30 heavy (non-hydrogen) atoms. The number of benzene rings is 2. The molecular formula is C23H31FN4O2+2. The molecule has 2 aromatic rings. The van der Waals surface area contributed by atoms with E-state index < -0.39 is 0 Å². The molecule has 7 heteroatoms. The minimum absolute atomic E-state index is 0.0213. The second-order valence-electron chi connectivity index (χ2n) is 8.12. The van der Waals surface area contributed by atoms with Gasteiger partial charge in [-0.1, -0.05) is 18.2 Å². The van der Waals surface area contributed by atoms with Gasteiger partial charge < -0.3 is 20.4 Å². The first-order valence-corrected chi connectivity index (χ1v) is 10.4. The van der Waals surface area contributed by atoms with Crippen molar-refractivity contribution in [3.8, 4) is 0 Å². The molecule has 160 valence electrons. The fraction of sp³-hybridized carbons (Fsp3) is 0.391. The summed E-state index contributed by atoms with van der Waals surface area (Å²) < 4.78 is 13.0. The molecule has 0 unspecified atom stereocenters. The van der Waals surface area contributed by atoms with Crippen molar-refractivity contribution in [2.75, 3.05) is 43.4 Å². The molecule has 0 saturated carbocycles. The summed E-state index contributed by atoms with van der Waals surface area (Å²) in [5, 5.41) is 5.90. The van der Waals surface area contributed by atoms with Crippen molar-refractivity contribution in [1.82, 2.24) is 0 Å². The normalized spacial score (nSPS) is 19.7. The van der Waals surface area contributed by atoms with Gasteiger partial charge in [-0.05, 0) is 56.2 Å². The van der Waals surface area contributed by atoms with Gasteiger partial charge in [-0.2, -0.15) is 0 Å². The first kappa shape index (κ1) is 21.9. The van der Waals surface area contributed by atoms with E-state index >= 15 is 0 Å². The van der Waals surface area contributed by atoms with E-state index in [0.717, 1.165) is 43.0 Å². The predicted molar refractivity (Wildman–Crippen MR) is 115 cm³/mol. The molecule has 1 aliphatic heterocycles. The van der Waals surface area contributed by atoms with Crippen molar-refractivity contribution in [3.05, 3.63) is 59.4 Å². The second-order valence-corrected chi connectivity index (χ2v) is 8.12. The molecule has 3 rings (SSSR count). The van der Waals surface area contributed by atoms with Crippen molar-refractivity contribution >= 4 is 23.2 Å². The first-order chi connectivity index (χ1) is 14.3. The zero-order chi connectivity index (χ0) is 21.7. The summed E-state index contributed by atoms with van der Waals surface area (Å²) in [4.78, 5) is 27.5. The highest BCUT2D eigenvalue weighted by Crippen LogP contribution is 2.18. The molecule has 2 aromatic carbocycles. The lowest BCUT2D eigenvalue weighted by Gasteiger charge is -2.32. The Labute approximate surface area is 177 Å². The van der Waals surface area contributed by atoms with E-state index in [1.54, 1.807) is 12.1 Å². The summed E-state index contributed by atoms with van der Waals surface area (Å²) >= 11 is 0. The molecule has 1 fully saturated rings. The number of amides is 2. The maximum Gasteiger partial charge on any atom is 0.282 e. The van der Waals surface area contributed by atoms with Gasteiger partial charge in [0.05, 0.1) is 0 Å². The summed E-state index contributed by atoms with van der Waals surface area (Å²) in [7, 11) is 0. The summed E-state index contributed by atoms with van der Waals surface area (Å²) in [5.41, 5.74) is 3.62. The van der Waals surface area contributed by atoms with Gasteiger partial charge in [-0.3, -0.25) is 9.59 Å². The van der Waals surface area contributed by atoms with Crippen LogP contribution >= 0.6 is 0 Å². The van der Waals surface area contributed by atoms with Gasteiger partial charge in [-0.25, -0.2) is 4.39 Å². The van der Waals surface area contributed by atoms with Crippen molar-refractivity contribution < 1.29 is 23.8 Å². The number of carbonyl (C=O) groups is 2. The highest BCUT2D eigenvalue weighted by atomic mass is 19.1. The van der Waals surface area contributed by atoms with Gasteiger partial charge in [0.25, 0.3) is 11.8 Å². The molecule has 4 N–H and O–H groups in total.